The number of benzene rings is 1. The lowest BCUT2D eigenvalue weighted by atomic mass is 9.94. The SMILES string of the molecule is CC1=CCC(CCN2C(=O)C(c3ccc(OC(F)(F)F)cc3)=NC2(C)C)C=C1. The van der Waals surface area contributed by atoms with E-state index in [1.165, 1.54) is 29.8 Å². The predicted molar refractivity (Wildman–Crippen MR) is 101 cm³/mol. The van der Waals surface area contributed by atoms with Crippen molar-refractivity contribution >= 4 is 11.6 Å². The summed E-state index contributed by atoms with van der Waals surface area (Å²) in [5, 5.41) is 0. The lowest BCUT2D eigenvalue weighted by Crippen LogP contribution is -2.43. The van der Waals surface area contributed by atoms with Gasteiger partial charge in [-0.25, -0.2) is 0 Å². The molecule has 3 rings (SSSR count). The maximum Gasteiger partial charge on any atom is 0.573 e. The molecule has 0 saturated carbocycles. The number of aliphatic imine (C=N–C) groups is 1. The average molecular weight is 392 g/mol. The van der Waals surface area contributed by atoms with Gasteiger partial charge in [0.2, 0.25) is 0 Å². The molecule has 0 aromatic heterocycles. The zero-order valence-electron chi connectivity index (χ0n) is 16.1. The Morgan fingerprint density at radius 2 is 1.93 bits per heavy atom. The number of hydrogen-bond acceptors (Lipinski definition) is 3. The smallest absolute Gasteiger partial charge is 0.406 e. The molecule has 4 nitrogen and oxygen atoms in total. The first kappa shape index (κ1) is 20.2. The van der Waals surface area contributed by atoms with Gasteiger partial charge in [0.15, 0.2) is 0 Å². The monoisotopic (exact) mass is 392 g/mol. The average Bonchev–Trinajstić information content (AvgIpc) is 2.83. The summed E-state index contributed by atoms with van der Waals surface area (Å²) in [5.74, 6) is -0.151. The number of rotatable bonds is 5. The highest BCUT2D eigenvalue weighted by Gasteiger charge is 2.40. The van der Waals surface area contributed by atoms with Crippen LogP contribution in [0.3, 0.4) is 0 Å². The highest BCUT2D eigenvalue weighted by molar-refractivity contribution is 6.46. The molecule has 1 amide bonds. The number of nitrogens with zero attached hydrogens (tertiary/aromatic N) is 2. The van der Waals surface area contributed by atoms with Gasteiger partial charge in [0.1, 0.15) is 17.1 Å². The van der Waals surface area contributed by atoms with Gasteiger partial charge in [-0.05, 0) is 63.8 Å². The van der Waals surface area contributed by atoms with Crippen LogP contribution in [0.25, 0.3) is 0 Å². The summed E-state index contributed by atoms with van der Waals surface area (Å²) in [4.78, 5) is 19.2. The molecular weight excluding hydrogens is 369 g/mol. The Hall–Kier alpha value is -2.57. The van der Waals surface area contributed by atoms with Gasteiger partial charge in [-0.1, -0.05) is 23.8 Å². The second-order valence-corrected chi connectivity index (χ2v) is 7.58. The Kier molecular flexibility index (Phi) is 5.37. The molecule has 0 radical (unpaired) electrons. The lowest BCUT2D eigenvalue weighted by molar-refractivity contribution is -0.274. The summed E-state index contributed by atoms with van der Waals surface area (Å²) < 4.78 is 40.8. The molecule has 1 unspecified atom stereocenters. The van der Waals surface area contributed by atoms with Crippen molar-refractivity contribution in [1.29, 1.82) is 0 Å². The van der Waals surface area contributed by atoms with Gasteiger partial charge in [0.25, 0.3) is 5.91 Å². The Labute approximate surface area is 162 Å². The van der Waals surface area contributed by atoms with Gasteiger partial charge in [0.05, 0.1) is 0 Å². The molecule has 2 aliphatic rings. The minimum absolute atomic E-state index is 0.207. The van der Waals surface area contributed by atoms with Crippen LogP contribution in [-0.2, 0) is 4.79 Å². The number of carbonyl (C=O) groups is 1. The lowest BCUT2D eigenvalue weighted by Gasteiger charge is -2.30. The molecule has 1 heterocycles. The second kappa shape index (κ2) is 7.45. The van der Waals surface area contributed by atoms with Gasteiger partial charge >= 0.3 is 6.36 Å². The van der Waals surface area contributed by atoms with E-state index >= 15 is 0 Å². The second-order valence-electron chi connectivity index (χ2n) is 7.58. The van der Waals surface area contributed by atoms with Crippen LogP contribution < -0.4 is 4.74 Å². The van der Waals surface area contributed by atoms with Crippen molar-refractivity contribution in [3.8, 4) is 5.75 Å². The van der Waals surface area contributed by atoms with Crippen LogP contribution in [-0.4, -0.2) is 35.1 Å². The molecule has 0 saturated heterocycles. The maximum atomic E-state index is 12.9. The number of amides is 1. The Bertz CT molecular complexity index is 836. The molecule has 1 aliphatic heterocycles. The molecule has 28 heavy (non-hydrogen) atoms. The van der Waals surface area contributed by atoms with Crippen LogP contribution in [0.2, 0.25) is 0 Å². The first-order valence-corrected chi connectivity index (χ1v) is 9.18. The topological polar surface area (TPSA) is 41.9 Å². The fraction of sp³-hybridized carbons (Fsp3) is 0.429. The molecule has 0 bridgehead atoms. The Morgan fingerprint density at radius 1 is 1.25 bits per heavy atom. The van der Waals surface area contributed by atoms with E-state index in [0.29, 0.717) is 18.0 Å². The third-order valence-corrected chi connectivity index (χ3v) is 4.95. The van der Waals surface area contributed by atoms with Gasteiger partial charge in [-0.3, -0.25) is 9.79 Å². The van der Waals surface area contributed by atoms with Crippen molar-refractivity contribution in [2.75, 3.05) is 6.54 Å². The summed E-state index contributed by atoms with van der Waals surface area (Å²) >= 11 is 0. The third kappa shape index (κ3) is 4.64. The van der Waals surface area contributed by atoms with E-state index in [0.717, 1.165) is 12.8 Å². The fourth-order valence-electron chi connectivity index (χ4n) is 3.42. The minimum Gasteiger partial charge on any atom is -0.406 e. The Morgan fingerprint density at radius 3 is 2.50 bits per heavy atom. The molecule has 150 valence electrons. The molecule has 7 heteroatoms. The molecule has 0 fully saturated rings. The first-order chi connectivity index (χ1) is 13.0. The van der Waals surface area contributed by atoms with Crippen LogP contribution in [0.15, 0.2) is 53.1 Å². The third-order valence-electron chi connectivity index (χ3n) is 4.95. The van der Waals surface area contributed by atoms with Crippen molar-refractivity contribution in [2.24, 2.45) is 10.9 Å². The molecule has 1 aliphatic carbocycles. The van der Waals surface area contributed by atoms with E-state index in [-0.39, 0.29) is 17.4 Å². The molecule has 1 aromatic carbocycles. The van der Waals surface area contributed by atoms with E-state index in [2.05, 4.69) is 34.9 Å². The zero-order valence-corrected chi connectivity index (χ0v) is 16.1. The molecule has 1 atom stereocenters. The molecule has 1 aromatic rings. The first-order valence-electron chi connectivity index (χ1n) is 9.18. The number of halogens is 3. The van der Waals surface area contributed by atoms with Crippen LogP contribution in [0.4, 0.5) is 13.2 Å². The number of ether oxygens (including phenoxy) is 1. The van der Waals surface area contributed by atoms with E-state index < -0.39 is 12.0 Å². The highest BCUT2D eigenvalue weighted by atomic mass is 19.4. The predicted octanol–water partition coefficient (Wildman–Crippen LogP) is 4.87. The molecule has 0 N–H and O–H groups in total. The van der Waals surface area contributed by atoms with Crippen LogP contribution >= 0.6 is 0 Å². The van der Waals surface area contributed by atoms with Crippen LogP contribution in [0.5, 0.6) is 5.75 Å². The van der Waals surface area contributed by atoms with Crippen molar-refractivity contribution < 1.29 is 22.7 Å². The Balaban J connectivity index is 1.68. The molecule has 0 spiro atoms. The number of allylic oxidation sites excluding steroid dienone is 4. The van der Waals surface area contributed by atoms with E-state index in [4.69, 9.17) is 0 Å². The summed E-state index contributed by atoms with van der Waals surface area (Å²) in [5.41, 5.74) is 1.29. The fourth-order valence-corrected chi connectivity index (χ4v) is 3.42. The van der Waals surface area contributed by atoms with Crippen molar-refractivity contribution in [3.63, 3.8) is 0 Å². The number of carbonyl (C=O) groups excluding carboxylic acids is 1. The van der Waals surface area contributed by atoms with Crippen LogP contribution in [0, 0.1) is 5.92 Å². The van der Waals surface area contributed by atoms with Gasteiger partial charge in [-0.2, -0.15) is 0 Å². The zero-order chi connectivity index (χ0) is 20.5. The summed E-state index contributed by atoms with van der Waals surface area (Å²) in [6.45, 7) is 6.35. The van der Waals surface area contributed by atoms with E-state index in [1.807, 2.05) is 13.8 Å². The minimum atomic E-state index is -4.75. The van der Waals surface area contributed by atoms with Gasteiger partial charge < -0.3 is 9.64 Å². The summed E-state index contributed by atoms with van der Waals surface area (Å²) in [7, 11) is 0. The van der Waals surface area contributed by atoms with E-state index in [1.54, 1.807) is 4.90 Å². The molecular formula is C21H23F3N2O2. The van der Waals surface area contributed by atoms with Crippen molar-refractivity contribution in [1.82, 2.24) is 4.90 Å². The summed E-state index contributed by atoms with van der Waals surface area (Å²) in [6.07, 6.45) is 3.49. The summed E-state index contributed by atoms with van der Waals surface area (Å²) in [6, 6.07) is 5.23. The number of alkyl halides is 3. The van der Waals surface area contributed by atoms with E-state index in [9.17, 15) is 18.0 Å². The normalized spacial score (nSPS) is 21.6. The standard InChI is InChI=1S/C21H23F3N2O2/c1-14-4-6-15(7-5-14)12-13-26-19(27)18(25-20(26,2)3)16-8-10-17(11-9-16)28-21(22,23)24/h4-6,8-11,15H,7,12-13H2,1-3H3. The van der Waals surface area contributed by atoms with Crippen molar-refractivity contribution in [3.05, 3.63) is 53.6 Å². The quantitative estimate of drug-likeness (QED) is 0.718. The van der Waals surface area contributed by atoms with Gasteiger partial charge in [-0.15, -0.1) is 13.2 Å². The van der Waals surface area contributed by atoms with Gasteiger partial charge in [0, 0.05) is 12.1 Å². The number of hydrogen-bond donors (Lipinski definition) is 0. The highest BCUT2D eigenvalue weighted by Crippen LogP contribution is 2.30. The largest absolute Gasteiger partial charge is 0.573 e. The van der Waals surface area contributed by atoms with Crippen molar-refractivity contribution in [2.45, 2.75) is 45.6 Å². The van der Waals surface area contributed by atoms with Crippen LogP contribution in [0.1, 0.15) is 39.2 Å². The maximum absolute atomic E-state index is 12.9.